The summed E-state index contributed by atoms with van der Waals surface area (Å²) in [6.07, 6.45) is 0.348. The summed E-state index contributed by atoms with van der Waals surface area (Å²) < 4.78 is 5.61. The Balaban J connectivity index is 1.33. The third kappa shape index (κ3) is 4.65. The average Bonchev–Trinajstić information content (AvgIpc) is 3.15. The van der Waals surface area contributed by atoms with E-state index < -0.39 is 29.9 Å². The van der Waals surface area contributed by atoms with Crippen molar-refractivity contribution in [2.75, 3.05) is 13.2 Å². The molecule has 1 aliphatic heterocycles. The Morgan fingerprint density at radius 3 is 2.21 bits per heavy atom. The first-order valence-corrected chi connectivity index (χ1v) is 11.9. The second-order valence-corrected chi connectivity index (χ2v) is 9.49. The maximum absolute atomic E-state index is 13.0. The largest absolute Gasteiger partial charge is 0.481 e. The van der Waals surface area contributed by atoms with Crippen molar-refractivity contribution >= 4 is 18.0 Å². The smallest absolute Gasteiger partial charge is 0.407 e. The summed E-state index contributed by atoms with van der Waals surface area (Å²) in [7, 11) is 0. The number of benzene rings is 2. The Morgan fingerprint density at radius 1 is 1.06 bits per heavy atom. The van der Waals surface area contributed by atoms with Crippen LogP contribution in [0.15, 0.2) is 48.5 Å². The normalized spacial score (nSPS) is 21.2. The SMILES string of the molecule is CC(NC(=O)OCC1c2ccccc2-c2ccccc21)C(C)C(=O)N1CCC(C(=O)O)CC1C. The van der Waals surface area contributed by atoms with E-state index in [4.69, 9.17) is 4.74 Å². The second kappa shape index (κ2) is 9.87. The van der Waals surface area contributed by atoms with Gasteiger partial charge in [-0.3, -0.25) is 9.59 Å². The van der Waals surface area contributed by atoms with Gasteiger partial charge in [0, 0.05) is 24.5 Å². The molecule has 180 valence electrons. The van der Waals surface area contributed by atoms with Gasteiger partial charge in [-0.25, -0.2) is 4.79 Å². The van der Waals surface area contributed by atoms with Crippen LogP contribution in [0.5, 0.6) is 0 Å². The van der Waals surface area contributed by atoms with Crippen LogP contribution >= 0.6 is 0 Å². The molecule has 4 rings (SSSR count). The summed E-state index contributed by atoms with van der Waals surface area (Å²) >= 11 is 0. The predicted octanol–water partition coefficient (Wildman–Crippen LogP) is 4.26. The molecule has 0 radical (unpaired) electrons. The maximum atomic E-state index is 13.0. The number of hydrogen-bond donors (Lipinski definition) is 2. The molecule has 1 aliphatic carbocycles. The molecule has 2 amide bonds. The molecule has 1 heterocycles. The number of nitrogens with zero attached hydrogens (tertiary/aromatic N) is 1. The zero-order chi connectivity index (χ0) is 24.4. The molecule has 7 heteroatoms. The molecular formula is C27H32N2O5. The monoisotopic (exact) mass is 464 g/mol. The number of carboxylic acids is 1. The van der Waals surface area contributed by atoms with Gasteiger partial charge in [0.1, 0.15) is 6.61 Å². The number of aliphatic carboxylic acids is 1. The fourth-order valence-electron chi connectivity index (χ4n) is 5.15. The minimum atomic E-state index is -0.808. The molecule has 1 fully saturated rings. The minimum Gasteiger partial charge on any atom is -0.481 e. The van der Waals surface area contributed by atoms with Crippen LogP contribution in [-0.2, 0) is 14.3 Å². The molecule has 2 N–H and O–H groups in total. The van der Waals surface area contributed by atoms with E-state index in [-0.39, 0.29) is 24.5 Å². The van der Waals surface area contributed by atoms with Crippen molar-refractivity contribution in [3.63, 3.8) is 0 Å². The average molecular weight is 465 g/mol. The summed E-state index contributed by atoms with van der Waals surface area (Å²) in [5.41, 5.74) is 4.62. The van der Waals surface area contributed by atoms with Gasteiger partial charge in [0.25, 0.3) is 0 Å². The molecule has 7 nitrogen and oxygen atoms in total. The number of amides is 2. The van der Waals surface area contributed by atoms with Crippen LogP contribution in [0.4, 0.5) is 4.79 Å². The van der Waals surface area contributed by atoms with Crippen LogP contribution in [0.2, 0.25) is 0 Å². The first-order chi connectivity index (χ1) is 16.3. The molecule has 4 unspecified atom stereocenters. The lowest BCUT2D eigenvalue weighted by Gasteiger charge is -2.38. The quantitative estimate of drug-likeness (QED) is 0.666. The highest BCUT2D eigenvalue weighted by Gasteiger charge is 2.36. The molecule has 2 aromatic carbocycles. The Labute approximate surface area is 200 Å². The second-order valence-electron chi connectivity index (χ2n) is 9.49. The molecule has 0 bridgehead atoms. The number of piperidine rings is 1. The number of rotatable bonds is 6. The summed E-state index contributed by atoms with van der Waals surface area (Å²) in [6.45, 7) is 6.09. The van der Waals surface area contributed by atoms with Crippen LogP contribution < -0.4 is 5.32 Å². The number of carbonyl (C=O) groups excluding carboxylic acids is 2. The number of likely N-dealkylation sites (tertiary alicyclic amines) is 1. The highest BCUT2D eigenvalue weighted by Crippen LogP contribution is 2.44. The van der Waals surface area contributed by atoms with Crippen LogP contribution in [-0.4, -0.2) is 53.2 Å². The Bertz CT molecular complexity index is 1040. The highest BCUT2D eigenvalue weighted by molar-refractivity contribution is 5.81. The Kier molecular flexibility index (Phi) is 6.91. The van der Waals surface area contributed by atoms with Gasteiger partial charge in [-0.2, -0.15) is 0 Å². The van der Waals surface area contributed by atoms with E-state index in [1.165, 1.54) is 11.1 Å². The zero-order valence-electron chi connectivity index (χ0n) is 19.9. The minimum absolute atomic E-state index is 0.0242. The van der Waals surface area contributed by atoms with Gasteiger partial charge in [-0.15, -0.1) is 0 Å². The zero-order valence-corrected chi connectivity index (χ0v) is 19.9. The van der Waals surface area contributed by atoms with Gasteiger partial charge in [-0.1, -0.05) is 55.5 Å². The van der Waals surface area contributed by atoms with Crippen molar-refractivity contribution in [1.29, 1.82) is 0 Å². The van der Waals surface area contributed by atoms with Crippen molar-refractivity contribution in [2.45, 2.75) is 51.6 Å². The number of ether oxygens (including phenoxy) is 1. The first kappa shape index (κ1) is 23.8. The van der Waals surface area contributed by atoms with Crippen molar-refractivity contribution in [3.05, 3.63) is 59.7 Å². The third-order valence-electron chi connectivity index (χ3n) is 7.34. The summed E-state index contributed by atoms with van der Waals surface area (Å²) in [6, 6.07) is 15.7. The molecular weight excluding hydrogens is 432 g/mol. The number of nitrogens with one attached hydrogen (secondary N) is 1. The molecule has 0 saturated carbocycles. The van der Waals surface area contributed by atoms with Gasteiger partial charge < -0.3 is 20.1 Å². The van der Waals surface area contributed by atoms with E-state index >= 15 is 0 Å². The molecule has 1 saturated heterocycles. The fourth-order valence-corrected chi connectivity index (χ4v) is 5.15. The molecule has 0 aromatic heterocycles. The van der Waals surface area contributed by atoms with Crippen molar-refractivity contribution in [1.82, 2.24) is 10.2 Å². The van der Waals surface area contributed by atoms with Crippen molar-refractivity contribution in [2.24, 2.45) is 11.8 Å². The third-order valence-corrected chi connectivity index (χ3v) is 7.34. The maximum Gasteiger partial charge on any atom is 0.407 e. The fraction of sp³-hybridized carbons (Fsp3) is 0.444. The molecule has 2 aliphatic rings. The molecule has 4 atom stereocenters. The van der Waals surface area contributed by atoms with Gasteiger partial charge in [-0.05, 0) is 48.9 Å². The molecule has 0 spiro atoms. The van der Waals surface area contributed by atoms with Crippen LogP contribution in [0.3, 0.4) is 0 Å². The van der Waals surface area contributed by atoms with E-state index in [1.54, 1.807) is 18.7 Å². The number of alkyl carbamates (subject to hydrolysis) is 1. The summed E-state index contributed by atoms with van der Waals surface area (Å²) in [4.78, 5) is 38.6. The van der Waals surface area contributed by atoms with Crippen molar-refractivity contribution in [3.8, 4) is 11.1 Å². The van der Waals surface area contributed by atoms with Crippen molar-refractivity contribution < 1.29 is 24.2 Å². The van der Waals surface area contributed by atoms with E-state index in [0.717, 1.165) is 11.1 Å². The highest BCUT2D eigenvalue weighted by atomic mass is 16.5. The lowest BCUT2D eigenvalue weighted by molar-refractivity contribution is -0.149. The molecule has 2 aromatic rings. The lowest BCUT2D eigenvalue weighted by atomic mass is 9.90. The molecule has 34 heavy (non-hydrogen) atoms. The number of hydrogen-bond acceptors (Lipinski definition) is 4. The Morgan fingerprint density at radius 2 is 1.65 bits per heavy atom. The van der Waals surface area contributed by atoms with E-state index in [9.17, 15) is 19.5 Å². The van der Waals surface area contributed by atoms with Crippen LogP contribution in [0, 0.1) is 11.8 Å². The standard InChI is InChI=1S/C27H32N2O5/c1-16-14-19(26(31)32)12-13-29(16)25(30)17(2)18(3)28-27(33)34-15-24-22-10-6-4-8-20(22)21-9-5-7-11-23(21)24/h4-11,16-19,24H,12-15H2,1-3H3,(H,28,33)(H,31,32). The topological polar surface area (TPSA) is 95.9 Å². The van der Waals surface area contributed by atoms with Crippen LogP contribution in [0.25, 0.3) is 11.1 Å². The number of carbonyl (C=O) groups is 3. The van der Waals surface area contributed by atoms with Gasteiger partial charge in [0.15, 0.2) is 0 Å². The predicted molar refractivity (Wildman–Crippen MR) is 128 cm³/mol. The number of fused-ring (bicyclic) bond motifs is 3. The lowest BCUT2D eigenvalue weighted by Crippen LogP contribution is -2.51. The van der Waals surface area contributed by atoms with Gasteiger partial charge in [0.2, 0.25) is 5.91 Å². The van der Waals surface area contributed by atoms with E-state index in [0.29, 0.717) is 19.4 Å². The van der Waals surface area contributed by atoms with Gasteiger partial charge >= 0.3 is 12.1 Å². The Hall–Kier alpha value is -3.35. The van der Waals surface area contributed by atoms with Crippen LogP contribution in [0.1, 0.15) is 50.7 Å². The van der Waals surface area contributed by atoms with E-state index in [1.807, 2.05) is 31.2 Å². The van der Waals surface area contributed by atoms with Gasteiger partial charge in [0.05, 0.1) is 11.8 Å². The van der Waals surface area contributed by atoms with E-state index in [2.05, 4.69) is 29.6 Å². The number of carboxylic acid groups (broad SMARTS) is 1. The summed E-state index contributed by atoms with van der Waals surface area (Å²) in [5, 5.41) is 12.1. The summed E-state index contributed by atoms with van der Waals surface area (Å²) in [5.74, 6) is -1.78. The first-order valence-electron chi connectivity index (χ1n) is 11.9.